The Balaban J connectivity index is 1.80. The zero-order valence-electron chi connectivity index (χ0n) is 11.0. The molecule has 104 valence electrons. The van der Waals surface area contributed by atoms with E-state index >= 15 is 0 Å². The Morgan fingerprint density at radius 1 is 1.15 bits per heavy atom. The van der Waals surface area contributed by atoms with Crippen LogP contribution in [0.3, 0.4) is 0 Å². The number of piperidine rings is 1. The molecule has 1 aromatic carbocycles. The molecule has 4 heterocycles. The predicted molar refractivity (Wildman–Crippen MR) is 79.3 cm³/mol. The largest absolute Gasteiger partial charge is 0.358 e. The second kappa shape index (κ2) is 4.45. The fraction of sp³-hybridized carbons (Fsp3) is 0.400. The van der Waals surface area contributed by atoms with Crippen LogP contribution in [-0.4, -0.2) is 23.1 Å². The van der Waals surface area contributed by atoms with Crippen LogP contribution in [0.1, 0.15) is 24.4 Å². The lowest BCUT2D eigenvalue weighted by Gasteiger charge is -2.48. The van der Waals surface area contributed by atoms with Crippen LogP contribution >= 0.6 is 12.2 Å². The van der Waals surface area contributed by atoms with Crippen molar-refractivity contribution in [1.29, 1.82) is 0 Å². The Kier molecular flexibility index (Phi) is 2.70. The van der Waals surface area contributed by atoms with Crippen molar-refractivity contribution < 1.29 is 4.39 Å². The van der Waals surface area contributed by atoms with Gasteiger partial charge in [0.15, 0.2) is 5.11 Å². The summed E-state index contributed by atoms with van der Waals surface area (Å²) >= 11 is 5.34. The average Bonchev–Trinajstić information content (AvgIpc) is 2.48. The molecule has 1 atom stereocenters. The van der Waals surface area contributed by atoms with E-state index in [4.69, 9.17) is 12.2 Å². The highest BCUT2D eigenvalue weighted by atomic mass is 32.1. The Hall–Kier alpha value is -1.62. The number of benzene rings is 1. The Bertz CT molecular complexity index is 588. The van der Waals surface area contributed by atoms with Gasteiger partial charge in [-0.15, -0.1) is 0 Å². The SMILES string of the molecule is Fc1ccc([C@@H]2NC(=S)NC3=C2C2CCN3CC2)cc1. The minimum atomic E-state index is -0.201. The van der Waals surface area contributed by atoms with Gasteiger partial charge >= 0.3 is 0 Å². The minimum Gasteiger partial charge on any atom is -0.358 e. The zero-order valence-corrected chi connectivity index (χ0v) is 11.8. The topological polar surface area (TPSA) is 27.3 Å². The van der Waals surface area contributed by atoms with Gasteiger partial charge in [0.1, 0.15) is 11.6 Å². The highest BCUT2D eigenvalue weighted by molar-refractivity contribution is 7.80. The molecule has 0 radical (unpaired) electrons. The first-order valence-electron chi connectivity index (χ1n) is 7.04. The smallest absolute Gasteiger partial charge is 0.172 e. The molecular weight excluding hydrogens is 273 g/mol. The second-order valence-corrected chi connectivity index (χ2v) is 6.06. The summed E-state index contributed by atoms with van der Waals surface area (Å²) in [7, 11) is 0. The maximum atomic E-state index is 13.1. The molecule has 4 aliphatic heterocycles. The van der Waals surface area contributed by atoms with Crippen molar-refractivity contribution in [3.05, 3.63) is 47.0 Å². The van der Waals surface area contributed by atoms with Gasteiger partial charge in [-0.05, 0) is 48.7 Å². The van der Waals surface area contributed by atoms with Crippen molar-refractivity contribution >= 4 is 17.3 Å². The molecule has 2 bridgehead atoms. The Labute approximate surface area is 122 Å². The van der Waals surface area contributed by atoms with Gasteiger partial charge in [-0.25, -0.2) is 4.39 Å². The molecular formula is C15H16FN3S. The number of thiocarbonyl (C=S) groups is 1. The summed E-state index contributed by atoms with van der Waals surface area (Å²) in [6, 6.07) is 6.81. The lowest BCUT2D eigenvalue weighted by Crippen LogP contribution is -2.55. The number of hydrogen-bond acceptors (Lipinski definition) is 2. The standard InChI is InChI=1S/C15H16FN3S/c16-11-3-1-10(2-4-11)13-12-9-5-7-19(8-6-9)14(12)18-15(20)17-13/h1-4,9,13H,5-8H2,(H2,17,18,20)/t13-/m0/s1. The van der Waals surface area contributed by atoms with Crippen LogP contribution in [-0.2, 0) is 0 Å². The van der Waals surface area contributed by atoms with Crippen LogP contribution in [0.25, 0.3) is 0 Å². The number of fused-ring (bicyclic) bond motifs is 2. The van der Waals surface area contributed by atoms with Gasteiger partial charge in [-0.3, -0.25) is 0 Å². The molecule has 5 rings (SSSR count). The summed E-state index contributed by atoms with van der Waals surface area (Å²) < 4.78 is 13.1. The van der Waals surface area contributed by atoms with Crippen molar-refractivity contribution in [1.82, 2.24) is 15.5 Å². The van der Waals surface area contributed by atoms with Crippen LogP contribution in [0.5, 0.6) is 0 Å². The molecule has 2 N–H and O–H groups in total. The fourth-order valence-electron chi connectivity index (χ4n) is 3.58. The zero-order chi connectivity index (χ0) is 13.7. The van der Waals surface area contributed by atoms with Crippen molar-refractivity contribution in [3.63, 3.8) is 0 Å². The fourth-order valence-corrected chi connectivity index (χ4v) is 3.80. The van der Waals surface area contributed by atoms with Gasteiger partial charge < -0.3 is 15.5 Å². The van der Waals surface area contributed by atoms with Gasteiger partial charge in [0.2, 0.25) is 0 Å². The number of nitrogens with zero attached hydrogens (tertiary/aromatic N) is 1. The molecule has 3 nitrogen and oxygen atoms in total. The van der Waals surface area contributed by atoms with Gasteiger partial charge in [0.05, 0.1) is 6.04 Å². The predicted octanol–water partition coefficient (Wildman–Crippen LogP) is 2.28. The molecule has 20 heavy (non-hydrogen) atoms. The molecule has 1 aromatic rings. The van der Waals surface area contributed by atoms with Gasteiger partial charge in [-0.2, -0.15) is 0 Å². The number of rotatable bonds is 1. The third-order valence-electron chi connectivity index (χ3n) is 4.55. The van der Waals surface area contributed by atoms with E-state index in [0.29, 0.717) is 11.0 Å². The first kappa shape index (κ1) is 12.1. The van der Waals surface area contributed by atoms with Crippen molar-refractivity contribution in [2.75, 3.05) is 13.1 Å². The molecule has 1 fully saturated rings. The summed E-state index contributed by atoms with van der Waals surface area (Å²) in [6.45, 7) is 2.21. The van der Waals surface area contributed by atoms with E-state index in [1.807, 2.05) is 12.1 Å². The summed E-state index contributed by atoms with van der Waals surface area (Å²) in [4.78, 5) is 2.39. The molecule has 1 saturated heterocycles. The van der Waals surface area contributed by atoms with E-state index < -0.39 is 0 Å². The Morgan fingerprint density at radius 3 is 2.55 bits per heavy atom. The van der Waals surface area contributed by atoms with E-state index in [9.17, 15) is 4.39 Å². The molecule has 0 spiro atoms. The number of halogens is 1. The first-order valence-corrected chi connectivity index (χ1v) is 7.45. The third-order valence-corrected chi connectivity index (χ3v) is 4.77. The van der Waals surface area contributed by atoms with E-state index in [0.717, 1.165) is 18.7 Å². The highest BCUT2D eigenvalue weighted by Gasteiger charge is 2.40. The van der Waals surface area contributed by atoms with E-state index in [1.165, 1.54) is 36.4 Å². The number of nitrogens with one attached hydrogen (secondary N) is 2. The van der Waals surface area contributed by atoms with Crippen LogP contribution in [0.2, 0.25) is 0 Å². The molecule has 4 aliphatic rings. The lowest BCUT2D eigenvalue weighted by atomic mass is 9.78. The molecule has 5 heteroatoms. The average molecular weight is 289 g/mol. The molecule has 0 saturated carbocycles. The normalized spacial score (nSPS) is 25.4. The van der Waals surface area contributed by atoms with Crippen LogP contribution in [0.15, 0.2) is 35.7 Å². The van der Waals surface area contributed by atoms with E-state index in [2.05, 4.69) is 15.5 Å². The maximum Gasteiger partial charge on any atom is 0.172 e. The summed E-state index contributed by atoms with van der Waals surface area (Å²) in [5, 5.41) is 7.32. The molecule has 0 aliphatic carbocycles. The van der Waals surface area contributed by atoms with Crippen molar-refractivity contribution in [2.45, 2.75) is 18.9 Å². The molecule has 0 amide bonds. The number of hydrogen-bond donors (Lipinski definition) is 2. The van der Waals surface area contributed by atoms with Crippen molar-refractivity contribution in [2.24, 2.45) is 5.92 Å². The van der Waals surface area contributed by atoms with Gasteiger partial charge in [0.25, 0.3) is 0 Å². The minimum absolute atomic E-state index is 0.0763. The summed E-state index contributed by atoms with van der Waals surface area (Å²) in [6.07, 6.45) is 2.40. The van der Waals surface area contributed by atoms with Gasteiger partial charge in [0, 0.05) is 18.7 Å². The van der Waals surface area contributed by atoms with Crippen LogP contribution in [0, 0.1) is 11.7 Å². The highest BCUT2D eigenvalue weighted by Crippen LogP contribution is 2.42. The first-order chi connectivity index (χ1) is 9.72. The summed E-state index contributed by atoms with van der Waals surface area (Å²) in [5.74, 6) is 1.59. The van der Waals surface area contributed by atoms with Gasteiger partial charge in [-0.1, -0.05) is 12.1 Å². The lowest BCUT2D eigenvalue weighted by molar-refractivity contribution is 0.184. The monoisotopic (exact) mass is 289 g/mol. The third kappa shape index (κ3) is 1.80. The van der Waals surface area contributed by atoms with E-state index in [-0.39, 0.29) is 11.9 Å². The van der Waals surface area contributed by atoms with E-state index in [1.54, 1.807) is 0 Å². The van der Waals surface area contributed by atoms with Crippen LogP contribution < -0.4 is 10.6 Å². The van der Waals surface area contributed by atoms with Crippen molar-refractivity contribution in [3.8, 4) is 0 Å². The second-order valence-electron chi connectivity index (χ2n) is 5.65. The Morgan fingerprint density at radius 2 is 1.85 bits per heavy atom. The summed E-state index contributed by atoms with van der Waals surface area (Å²) in [5.41, 5.74) is 2.47. The quantitative estimate of drug-likeness (QED) is 0.776. The van der Waals surface area contributed by atoms with Crippen LogP contribution in [0.4, 0.5) is 4.39 Å². The molecule has 0 aromatic heterocycles. The molecule has 0 unspecified atom stereocenters. The maximum absolute atomic E-state index is 13.1.